The maximum Gasteiger partial charge on any atom is 0.219 e. The molecule has 2 amide bonds. The molecule has 0 aliphatic carbocycles. The highest BCUT2D eigenvalue weighted by Crippen LogP contribution is 2.36. The fourth-order valence-corrected chi connectivity index (χ4v) is 12.7. The molecule has 5 aliphatic heterocycles. The molecule has 0 aromatic rings. The van der Waals surface area contributed by atoms with E-state index in [0.29, 0.717) is 48.3 Å². The van der Waals surface area contributed by atoms with Crippen LogP contribution in [0.3, 0.4) is 0 Å². The van der Waals surface area contributed by atoms with Crippen molar-refractivity contribution in [1.29, 1.82) is 0 Å². The van der Waals surface area contributed by atoms with Gasteiger partial charge in [0.1, 0.15) is 0 Å². The third-order valence-electron chi connectivity index (χ3n) is 14.7. The molecule has 5 heterocycles. The summed E-state index contributed by atoms with van der Waals surface area (Å²) < 4.78 is 49.2. The lowest BCUT2D eigenvalue weighted by atomic mass is 9.76. The molecule has 5 rings (SSSR count). The smallest absolute Gasteiger partial charge is 0.219 e. The highest BCUT2D eigenvalue weighted by molar-refractivity contribution is 7.88. The molecule has 65 heavy (non-hydrogen) atoms. The van der Waals surface area contributed by atoms with E-state index in [9.17, 15) is 26.4 Å². The van der Waals surface area contributed by atoms with Crippen LogP contribution in [0.25, 0.3) is 0 Å². The molecule has 5 saturated heterocycles. The molecular weight excluding hydrogens is 855 g/mol. The van der Waals surface area contributed by atoms with Crippen LogP contribution in [0.2, 0.25) is 0 Å². The predicted octanol–water partition coefficient (Wildman–Crippen LogP) is 10.8. The van der Waals surface area contributed by atoms with Gasteiger partial charge >= 0.3 is 0 Å². The van der Waals surface area contributed by atoms with Gasteiger partial charge in [0.2, 0.25) is 31.9 Å². The number of hydrogen-bond acceptors (Lipinski definition) is 7. The monoisotopic (exact) mass is 960 g/mol. The summed E-state index contributed by atoms with van der Waals surface area (Å²) in [6, 6.07) is 1.42. The summed E-state index contributed by atoms with van der Waals surface area (Å²) >= 11 is 0. The highest BCUT2D eigenvalue weighted by Gasteiger charge is 2.38. The Morgan fingerprint density at radius 2 is 0.846 bits per heavy atom. The molecule has 13 heteroatoms. The first-order valence-electron chi connectivity index (χ1n) is 25.4. The molecule has 5 aliphatic rings. The van der Waals surface area contributed by atoms with E-state index in [4.69, 9.17) is 0 Å². The Kier molecular flexibility index (Phi) is 24.3. The van der Waals surface area contributed by atoms with E-state index in [2.05, 4.69) is 116 Å². The van der Waals surface area contributed by atoms with Crippen LogP contribution in [0, 0.1) is 38.9 Å². The summed E-state index contributed by atoms with van der Waals surface area (Å²) in [6.45, 7) is 43.0. The second-order valence-corrected chi connectivity index (χ2v) is 29.6. The van der Waals surface area contributed by atoms with E-state index in [1.165, 1.54) is 70.4 Å². The lowest BCUT2D eigenvalue weighted by Crippen LogP contribution is -2.49. The van der Waals surface area contributed by atoms with E-state index in [1.807, 2.05) is 9.80 Å². The number of piperidine rings is 5. The quantitative estimate of drug-likeness (QED) is 0.270. The lowest BCUT2D eigenvalue weighted by Gasteiger charge is -2.43. The third-order valence-corrected chi connectivity index (χ3v) is 17.3. The first-order valence-corrected chi connectivity index (χ1v) is 29.1. The van der Waals surface area contributed by atoms with Gasteiger partial charge in [-0.2, -0.15) is 4.31 Å². The number of rotatable bonds is 2. The zero-order valence-corrected chi connectivity index (χ0v) is 47.7. The summed E-state index contributed by atoms with van der Waals surface area (Å²) in [5.41, 5.74) is 1.29. The van der Waals surface area contributed by atoms with Gasteiger partial charge < -0.3 is 14.7 Å². The molecule has 386 valence electrons. The number of nitrogens with zero attached hydrogens (tertiary/aromatic N) is 5. The van der Waals surface area contributed by atoms with Gasteiger partial charge in [0.15, 0.2) is 0 Å². The molecule has 0 saturated carbocycles. The van der Waals surface area contributed by atoms with Crippen molar-refractivity contribution in [3.63, 3.8) is 0 Å². The van der Waals surface area contributed by atoms with Crippen molar-refractivity contribution < 1.29 is 26.4 Å². The van der Waals surface area contributed by atoms with E-state index < -0.39 is 20.0 Å². The van der Waals surface area contributed by atoms with Gasteiger partial charge in [0.25, 0.3) is 0 Å². The van der Waals surface area contributed by atoms with Crippen LogP contribution in [0.4, 0.5) is 0 Å². The SMILES string of the molecule is CC(=O)N1CCCC(C(C)(C)C)C1.CC(=O)N1CCCCC1C(C)(C)C.CC(C)(C)C1CCCCN1S(C)(=O)=O.CC(C)(C)C1CCCN(S(C)(=O)=O)C1.CN1CCCCC1C(C)(C)C. The van der Waals surface area contributed by atoms with Gasteiger partial charge in [-0.25, -0.2) is 21.1 Å². The zero-order valence-electron chi connectivity index (χ0n) is 46.0. The van der Waals surface area contributed by atoms with Gasteiger partial charge in [-0.1, -0.05) is 117 Å². The largest absolute Gasteiger partial charge is 0.343 e. The van der Waals surface area contributed by atoms with Gasteiger partial charge in [-0.05, 0) is 123 Å². The second kappa shape index (κ2) is 25.5. The van der Waals surface area contributed by atoms with Crippen LogP contribution in [-0.4, -0.2) is 135 Å². The first kappa shape index (κ1) is 61.7. The number of carbonyl (C=O) groups excluding carboxylic acids is 2. The fraction of sp³-hybridized carbons (Fsp3) is 0.962. The lowest BCUT2D eigenvalue weighted by molar-refractivity contribution is -0.135. The number of likely N-dealkylation sites (tertiary alicyclic amines) is 3. The summed E-state index contributed by atoms with van der Waals surface area (Å²) in [5.74, 6) is 1.63. The number of hydrogen-bond donors (Lipinski definition) is 0. The minimum Gasteiger partial charge on any atom is -0.343 e. The van der Waals surface area contributed by atoms with Crippen molar-refractivity contribution in [2.24, 2.45) is 38.9 Å². The molecule has 0 aromatic carbocycles. The Bertz CT molecular complexity index is 1650. The Labute approximate surface area is 403 Å². The minimum absolute atomic E-state index is 0.0451. The van der Waals surface area contributed by atoms with E-state index >= 15 is 0 Å². The standard InChI is InChI=1S/2C11H21NO.2C10H21NO2S.C10H21N/c1-9(13)12-7-5-6-10(8-12)11(2,3)4;1-9(13)12-8-6-5-7-10(12)11(2,3)4;1-10(2,3)9-6-5-7-11(8-9)14(4,12)13;1-10(2,3)9-7-5-6-8-11(9)14(4,12)13;1-10(2,3)9-7-5-6-8-11(9)4/h2*10H,5-8H2,1-4H3;2*9H,5-8H2,1-4H3;9H,5-8H2,1-4H3. The average Bonchev–Trinajstić information content (AvgIpc) is 3.17. The molecule has 0 aromatic heterocycles. The van der Waals surface area contributed by atoms with Crippen LogP contribution >= 0.6 is 0 Å². The third kappa shape index (κ3) is 22.3. The summed E-state index contributed by atoms with van der Waals surface area (Å²) in [6.07, 6.45) is 18.2. The van der Waals surface area contributed by atoms with Gasteiger partial charge in [-0.15, -0.1) is 0 Å². The maximum atomic E-state index is 11.6. The van der Waals surface area contributed by atoms with E-state index in [0.717, 1.165) is 57.8 Å². The minimum atomic E-state index is -3.02. The molecular formula is C52H105N5O6S2. The van der Waals surface area contributed by atoms with Crippen molar-refractivity contribution in [3.8, 4) is 0 Å². The summed E-state index contributed by atoms with van der Waals surface area (Å²) in [4.78, 5) is 29.1. The normalized spacial score (nSPS) is 26.1. The Morgan fingerprint density at radius 1 is 0.431 bits per heavy atom. The number of sulfonamides is 2. The fourth-order valence-electron chi connectivity index (χ4n) is 10.5. The Hall–Kier alpha value is -1.28. The Balaban J connectivity index is 0.000000407. The van der Waals surface area contributed by atoms with Crippen molar-refractivity contribution in [2.45, 2.75) is 219 Å². The first-order chi connectivity index (χ1) is 29.3. The topological polar surface area (TPSA) is 119 Å². The summed E-state index contributed by atoms with van der Waals surface area (Å²) in [5, 5.41) is 0. The average molecular weight is 961 g/mol. The van der Waals surface area contributed by atoms with Crippen LogP contribution < -0.4 is 0 Å². The zero-order chi connectivity index (χ0) is 50.6. The van der Waals surface area contributed by atoms with Crippen molar-refractivity contribution in [2.75, 3.05) is 65.4 Å². The predicted molar refractivity (Wildman–Crippen MR) is 276 cm³/mol. The summed E-state index contributed by atoms with van der Waals surface area (Å²) in [7, 11) is -3.75. The maximum absolute atomic E-state index is 11.6. The van der Waals surface area contributed by atoms with Crippen LogP contribution in [0.1, 0.15) is 201 Å². The molecule has 11 nitrogen and oxygen atoms in total. The van der Waals surface area contributed by atoms with Gasteiger partial charge in [-0.3, -0.25) is 9.59 Å². The van der Waals surface area contributed by atoms with Crippen LogP contribution in [-0.2, 0) is 29.6 Å². The Morgan fingerprint density at radius 3 is 1.20 bits per heavy atom. The molecule has 0 bridgehead atoms. The van der Waals surface area contributed by atoms with Crippen molar-refractivity contribution >= 4 is 31.9 Å². The van der Waals surface area contributed by atoms with Crippen LogP contribution in [0.5, 0.6) is 0 Å². The molecule has 0 spiro atoms. The van der Waals surface area contributed by atoms with Gasteiger partial charge in [0.05, 0.1) is 12.5 Å². The van der Waals surface area contributed by atoms with E-state index in [-0.39, 0.29) is 34.1 Å². The van der Waals surface area contributed by atoms with Crippen LogP contribution in [0.15, 0.2) is 0 Å². The molecule has 5 fully saturated rings. The highest BCUT2D eigenvalue weighted by atomic mass is 32.2. The second-order valence-electron chi connectivity index (χ2n) is 25.7. The van der Waals surface area contributed by atoms with E-state index in [1.54, 1.807) is 22.5 Å². The molecule has 5 unspecified atom stereocenters. The van der Waals surface area contributed by atoms with Crippen molar-refractivity contribution in [1.82, 2.24) is 23.3 Å². The molecule has 5 atom stereocenters. The molecule has 0 radical (unpaired) electrons. The van der Waals surface area contributed by atoms with Crippen molar-refractivity contribution in [3.05, 3.63) is 0 Å². The number of carbonyl (C=O) groups is 2. The molecule has 0 N–H and O–H groups in total. The van der Waals surface area contributed by atoms with Gasteiger partial charge in [0, 0.05) is 71.2 Å². The number of amides is 2.